The number of furan rings is 1. The van der Waals surface area contributed by atoms with E-state index in [9.17, 15) is 9.59 Å². The third-order valence-electron chi connectivity index (χ3n) is 4.32. The maximum atomic E-state index is 12.6. The van der Waals surface area contributed by atoms with E-state index in [1.807, 2.05) is 32.9 Å². The van der Waals surface area contributed by atoms with E-state index in [0.717, 1.165) is 11.1 Å². The SMILES string of the molecule is CCn1cc(NC(=O)c2ccc(C)c(C)c2)c(C(=O)NCc2ccco2)n1. The zero-order valence-electron chi connectivity index (χ0n) is 15.6. The van der Waals surface area contributed by atoms with Gasteiger partial charge in [0.2, 0.25) is 0 Å². The predicted octanol–water partition coefficient (Wildman–Crippen LogP) is 3.30. The van der Waals surface area contributed by atoms with Crippen LogP contribution in [0.2, 0.25) is 0 Å². The van der Waals surface area contributed by atoms with Crippen LogP contribution in [0, 0.1) is 13.8 Å². The molecule has 1 aromatic carbocycles. The average Bonchev–Trinajstić information content (AvgIpc) is 3.31. The summed E-state index contributed by atoms with van der Waals surface area (Å²) < 4.78 is 6.82. The van der Waals surface area contributed by atoms with E-state index in [4.69, 9.17) is 4.42 Å². The molecule has 7 heteroatoms. The summed E-state index contributed by atoms with van der Waals surface area (Å²) in [5, 5.41) is 9.81. The van der Waals surface area contributed by atoms with Crippen molar-refractivity contribution in [1.29, 1.82) is 0 Å². The van der Waals surface area contributed by atoms with E-state index in [1.54, 1.807) is 35.3 Å². The molecule has 0 atom stereocenters. The van der Waals surface area contributed by atoms with Crippen molar-refractivity contribution in [3.05, 3.63) is 70.9 Å². The van der Waals surface area contributed by atoms with Gasteiger partial charge in [-0.25, -0.2) is 0 Å². The molecule has 0 unspecified atom stereocenters. The number of carbonyl (C=O) groups is 2. The van der Waals surface area contributed by atoms with Crippen molar-refractivity contribution in [2.24, 2.45) is 0 Å². The van der Waals surface area contributed by atoms with Gasteiger partial charge in [0.15, 0.2) is 5.69 Å². The van der Waals surface area contributed by atoms with Gasteiger partial charge in [-0.05, 0) is 56.2 Å². The molecule has 0 saturated heterocycles. The van der Waals surface area contributed by atoms with Crippen LogP contribution in [0.3, 0.4) is 0 Å². The Morgan fingerprint density at radius 3 is 2.63 bits per heavy atom. The Hall–Kier alpha value is -3.35. The Morgan fingerprint density at radius 1 is 1.15 bits per heavy atom. The monoisotopic (exact) mass is 366 g/mol. The van der Waals surface area contributed by atoms with Crippen LogP contribution in [-0.4, -0.2) is 21.6 Å². The van der Waals surface area contributed by atoms with Crippen LogP contribution in [0.25, 0.3) is 0 Å². The van der Waals surface area contributed by atoms with Crippen LogP contribution < -0.4 is 10.6 Å². The molecule has 0 bridgehead atoms. The molecule has 0 aliphatic heterocycles. The minimum atomic E-state index is -0.381. The first-order valence-corrected chi connectivity index (χ1v) is 8.74. The van der Waals surface area contributed by atoms with Crippen LogP contribution in [0.4, 0.5) is 5.69 Å². The van der Waals surface area contributed by atoms with E-state index in [2.05, 4.69) is 15.7 Å². The van der Waals surface area contributed by atoms with Gasteiger partial charge in [0, 0.05) is 18.3 Å². The van der Waals surface area contributed by atoms with Gasteiger partial charge < -0.3 is 15.1 Å². The Labute approximate surface area is 157 Å². The number of carbonyl (C=O) groups excluding carboxylic acids is 2. The van der Waals surface area contributed by atoms with Gasteiger partial charge in [0.1, 0.15) is 5.76 Å². The van der Waals surface area contributed by atoms with Crippen LogP contribution in [0.15, 0.2) is 47.2 Å². The molecule has 0 fully saturated rings. The summed E-state index contributed by atoms with van der Waals surface area (Å²) in [6.45, 7) is 6.68. The number of amides is 2. The molecule has 2 amide bonds. The lowest BCUT2D eigenvalue weighted by Crippen LogP contribution is -2.25. The number of aryl methyl sites for hydroxylation is 3. The van der Waals surface area contributed by atoms with Gasteiger partial charge in [-0.15, -0.1) is 0 Å². The molecule has 2 N–H and O–H groups in total. The van der Waals surface area contributed by atoms with E-state index >= 15 is 0 Å². The molecule has 0 radical (unpaired) electrons. The Kier molecular flexibility index (Phi) is 5.40. The molecule has 140 valence electrons. The number of nitrogens with one attached hydrogen (secondary N) is 2. The van der Waals surface area contributed by atoms with Gasteiger partial charge in [0.05, 0.1) is 18.5 Å². The fourth-order valence-corrected chi connectivity index (χ4v) is 2.58. The number of nitrogens with zero attached hydrogens (tertiary/aromatic N) is 2. The van der Waals surface area contributed by atoms with Gasteiger partial charge >= 0.3 is 0 Å². The number of rotatable bonds is 6. The smallest absolute Gasteiger partial charge is 0.274 e. The van der Waals surface area contributed by atoms with Crippen LogP contribution >= 0.6 is 0 Å². The number of benzene rings is 1. The summed E-state index contributed by atoms with van der Waals surface area (Å²) in [6.07, 6.45) is 3.20. The summed E-state index contributed by atoms with van der Waals surface area (Å²) in [5.41, 5.74) is 3.22. The van der Waals surface area contributed by atoms with Crippen LogP contribution in [0.1, 0.15) is 44.7 Å². The summed E-state index contributed by atoms with van der Waals surface area (Å²) in [5.74, 6) is -0.0261. The van der Waals surface area contributed by atoms with Crippen molar-refractivity contribution in [2.45, 2.75) is 33.9 Å². The summed E-state index contributed by atoms with van der Waals surface area (Å²) in [7, 11) is 0. The van der Waals surface area contributed by atoms with Gasteiger partial charge in [-0.2, -0.15) is 5.10 Å². The Morgan fingerprint density at radius 2 is 1.96 bits per heavy atom. The molecule has 27 heavy (non-hydrogen) atoms. The predicted molar refractivity (Wildman–Crippen MR) is 102 cm³/mol. The Balaban J connectivity index is 1.77. The van der Waals surface area contributed by atoms with E-state index in [1.165, 1.54) is 0 Å². The summed E-state index contributed by atoms with van der Waals surface area (Å²) in [6, 6.07) is 9.01. The lowest BCUT2D eigenvalue weighted by molar-refractivity contribution is 0.0943. The molecule has 7 nitrogen and oxygen atoms in total. The second kappa shape index (κ2) is 7.90. The molecular formula is C20H22N4O3. The van der Waals surface area contributed by atoms with Crippen molar-refractivity contribution >= 4 is 17.5 Å². The first-order valence-electron chi connectivity index (χ1n) is 8.74. The van der Waals surface area contributed by atoms with Gasteiger partial charge in [-0.3, -0.25) is 14.3 Å². The second-order valence-electron chi connectivity index (χ2n) is 6.26. The van der Waals surface area contributed by atoms with Gasteiger partial charge in [-0.1, -0.05) is 6.07 Å². The van der Waals surface area contributed by atoms with Crippen molar-refractivity contribution < 1.29 is 14.0 Å². The molecule has 2 heterocycles. The van der Waals surface area contributed by atoms with E-state index in [0.29, 0.717) is 23.6 Å². The molecular weight excluding hydrogens is 344 g/mol. The number of anilines is 1. The van der Waals surface area contributed by atoms with E-state index < -0.39 is 0 Å². The summed E-state index contributed by atoms with van der Waals surface area (Å²) in [4.78, 5) is 25.1. The van der Waals surface area contributed by atoms with Crippen molar-refractivity contribution in [3.8, 4) is 0 Å². The highest BCUT2D eigenvalue weighted by molar-refractivity contribution is 6.08. The van der Waals surface area contributed by atoms with Crippen molar-refractivity contribution in [3.63, 3.8) is 0 Å². The maximum Gasteiger partial charge on any atom is 0.274 e. The first kappa shape index (κ1) is 18.4. The minimum Gasteiger partial charge on any atom is -0.467 e. The zero-order valence-corrected chi connectivity index (χ0v) is 15.6. The molecule has 0 aliphatic rings. The fourth-order valence-electron chi connectivity index (χ4n) is 2.58. The summed E-state index contributed by atoms with van der Waals surface area (Å²) >= 11 is 0. The highest BCUT2D eigenvalue weighted by Crippen LogP contribution is 2.17. The molecule has 0 aliphatic carbocycles. The number of hydrogen-bond acceptors (Lipinski definition) is 4. The van der Waals surface area contributed by atoms with Crippen molar-refractivity contribution in [1.82, 2.24) is 15.1 Å². The fraction of sp³-hybridized carbons (Fsp3) is 0.250. The van der Waals surface area contributed by atoms with Gasteiger partial charge in [0.25, 0.3) is 11.8 Å². The Bertz CT molecular complexity index is 958. The van der Waals surface area contributed by atoms with E-state index in [-0.39, 0.29) is 24.1 Å². The molecule has 2 aromatic heterocycles. The van der Waals surface area contributed by atoms with Crippen molar-refractivity contribution in [2.75, 3.05) is 5.32 Å². The average molecular weight is 366 g/mol. The highest BCUT2D eigenvalue weighted by Gasteiger charge is 2.19. The van der Waals surface area contributed by atoms with Crippen LogP contribution in [-0.2, 0) is 13.1 Å². The quantitative estimate of drug-likeness (QED) is 0.700. The molecule has 0 spiro atoms. The highest BCUT2D eigenvalue weighted by atomic mass is 16.3. The zero-order chi connectivity index (χ0) is 19.4. The third kappa shape index (κ3) is 4.25. The maximum absolute atomic E-state index is 12.6. The molecule has 0 saturated carbocycles. The number of aromatic nitrogens is 2. The molecule has 3 aromatic rings. The lowest BCUT2D eigenvalue weighted by Gasteiger charge is -2.07. The largest absolute Gasteiger partial charge is 0.467 e. The molecule has 3 rings (SSSR count). The minimum absolute atomic E-state index is 0.167. The topological polar surface area (TPSA) is 89.2 Å². The normalized spacial score (nSPS) is 10.6. The standard InChI is InChI=1S/C20H22N4O3/c1-4-24-12-17(22-19(25)15-8-7-13(2)14(3)10-15)18(23-24)20(26)21-11-16-6-5-9-27-16/h5-10,12H,4,11H2,1-3H3,(H,21,26)(H,22,25). The second-order valence-corrected chi connectivity index (χ2v) is 6.26. The van der Waals surface area contributed by atoms with Crippen LogP contribution in [0.5, 0.6) is 0 Å². The third-order valence-corrected chi connectivity index (χ3v) is 4.32. The number of hydrogen-bond donors (Lipinski definition) is 2. The first-order chi connectivity index (χ1) is 13.0. The lowest BCUT2D eigenvalue weighted by atomic mass is 10.1.